The highest BCUT2D eigenvalue weighted by molar-refractivity contribution is 7.39. The minimum Gasteiger partial charge on any atom is -0.380 e. The summed E-state index contributed by atoms with van der Waals surface area (Å²) in [5.41, 5.74) is 2.19. The lowest BCUT2D eigenvalue weighted by Crippen LogP contribution is -2.24. The summed E-state index contributed by atoms with van der Waals surface area (Å²) in [4.78, 5) is 9.54. The summed E-state index contributed by atoms with van der Waals surface area (Å²) >= 11 is 0. The Labute approximate surface area is 130 Å². The number of benzene rings is 1. The zero-order valence-electron chi connectivity index (χ0n) is 13.9. The molecule has 0 aliphatic heterocycles. The first-order valence-electron chi connectivity index (χ1n) is 7.75. The molecule has 0 aliphatic carbocycles. The molecule has 3 unspecified atom stereocenters. The molecule has 4 heteroatoms. The van der Waals surface area contributed by atoms with E-state index in [-0.39, 0.29) is 17.0 Å². The van der Waals surface area contributed by atoms with Gasteiger partial charge < -0.3 is 5.32 Å². The quantitative estimate of drug-likeness (QED) is 0.702. The van der Waals surface area contributed by atoms with E-state index in [1.54, 1.807) is 0 Å². The molecule has 0 aromatic heterocycles. The molecule has 0 saturated carbocycles. The van der Waals surface area contributed by atoms with Crippen LogP contribution < -0.4 is 5.32 Å². The molecule has 0 radical (unpaired) electrons. The lowest BCUT2D eigenvalue weighted by atomic mass is 9.87. The zero-order chi connectivity index (χ0) is 16.0. The Morgan fingerprint density at radius 2 is 2.00 bits per heavy atom. The van der Waals surface area contributed by atoms with Gasteiger partial charge in [-0.1, -0.05) is 53.2 Å². The number of rotatable bonds is 7. The molecule has 0 bridgehead atoms. The Morgan fingerprint density at radius 1 is 1.33 bits per heavy atom. The fourth-order valence-electron chi connectivity index (χ4n) is 2.46. The van der Waals surface area contributed by atoms with Crippen molar-refractivity contribution in [3.8, 4) is 0 Å². The summed E-state index contributed by atoms with van der Waals surface area (Å²) < 4.78 is 11.6. The van der Waals surface area contributed by atoms with Crippen LogP contribution in [0.3, 0.4) is 0 Å². The molecule has 2 N–H and O–H groups in total. The number of nitrogens with one attached hydrogen (secondary N) is 1. The van der Waals surface area contributed by atoms with Crippen LogP contribution >= 0.6 is 8.03 Å². The molecule has 0 fully saturated rings. The first-order valence-corrected chi connectivity index (χ1v) is 9.03. The van der Waals surface area contributed by atoms with Crippen LogP contribution in [0.2, 0.25) is 0 Å². The second-order valence-electron chi connectivity index (χ2n) is 6.85. The molecule has 3 nitrogen and oxygen atoms in total. The van der Waals surface area contributed by atoms with E-state index in [1.807, 2.05) is 12.1 Å². The van der Waals surface area contributed by atoms with Crippen LogP contribution in [0.4, 0.5) is 5.69 Å². The SMILES string of the molecule is CCCC(C)C(CNc1cccc(C(C)(C)C)c1)[P+](=O)O. The summed E-state index contributed by atoms with van der Waals surface area (Å²) in [5, 5.41) is 3.33. The Balaban J connectivity index is 2.74. The third kappa shape index (κ3) is 5.76. The number of hydrogen-bond acceptors (Lipinski definition) is 2. The van der Waals surface area contributed by atoms with Gasteiger partial charge in [-0.05, 0) is 34.1 Å². The second-order valence-corrected chi connectivity index (χ2v) is 8.12. The summed E-state index contributed by atoms with van der Waals surface area (Å²) in [6, 6.07) is 8.30. The van der Waals surface area contributed by atoms with Gasteiger partial charge in [0.2, 0.25) is 5.66 Å². The maximum atomic E-state index is 11.6. The van der Waals surface area contributed by atoms with Gasteiger partial charge in [-0.2, -0.15) is 4.89 Å². The molecule has 0 saturated heterocycles. The number of anilines is 1. The highest BCUT2D eigenvalue weighted by Crippen LogP contribution is 2.32. The highest BCUT2D eigenvalue weighted by atomic mass is 31.1. The normalized spacial score (nSPS) is 15.4. The van der Waals surface area contributed by atoms with E-state index in [0.29, 0.717) is 6.54 Å². The average Bonchev–Trinajstić information content (AvgIpc) is 2.38. The minimum absolute atomic E-state index is 0.106. The van der Waals surface area contributed by atoms with E-state index in [0.717, 1.165) is 18.5 Å². The predicted molar refractivity (Wildman–Crippen MR) is 91.3 cm³/mol. The van der Waals surface area contributed by atoms with Crippen molar-refractivity contribution in [2.75, 3.05) is 11.9 Å². The second kappa shape index (κ2) is 7.91. The van der Waals surface area contributed by atoms with Gasteiger partial charge in [0.1, 0.15) is 0 Å². The first-order chi connectivity index (χ1) is 9.75. The molecule has 0 heterocycles. The molecule has 1 rings (SSSR count). The molecular weight excluding hydrogens is 281 g/mol. The van der Waals surface area contributed by atoms with E-state index in [2.05, 4.69) is 52.1 Å². The predicted octanol–water partition coefficient (Wildman–Crippen LogP) is 4.94. The Morgan fingerprint density at radius 3 is 2.52 bits per heavy atom. The topological polar surface area (TPSA) is 49.3 Å². The third-order valence-corrected chi connectivity index (χ3v) is 5.19. The fraction of sp³-hybridized carbons (Fsp3) is 0.647. The van der Waals surface area contributed by atoms with Crippen molar-refractivity contribution in [3.05, 3.63) is 29.8 Å². The average molecular weight is 310 g/mol. The van der Waals surface area contributed by atoms with E-state index in [4.69, 9.17) is 0 Å². The highest BCUT2D eigenvalue weighted by Gasteiger charge is 2.34. The summed E-state index contributed by atoms with van der Waals surface area (Å²) in [6.45, 7) is 11.3. The Kier molecular flexibility index (Phi) is 6.83. The van der Waals surface area contributed by atoms with Crippen LogP contribution in [0.1, 0.15) is 53.0 Å². The lowest BCUT2D eigenvalue weighted by Gasteiger charge is -2.20. The van der Waals surface area contributed by atoms with Crippen molar-refractivity contribution >= 4 is 13.7 Å². The molecular formula is C17H29NO2P+. The van der Waals surface area contributed by atoms with Crippen molar-refractivity contribution in [1.29, 1.82) is 0 Å². The maximum Gasteiger partial charge on any atom is 0.510 e. The molecule has 21 heavy (non-hydrogen) atoms. The Bertz CT molecular complexity index is 468. The van der Waals surface area contributed by atoms with Crippen LogP contribution in [0, 0.1) is 5.92 Å². The number of hydrogen-bond donors (Lipinski definition) is 2. The smallest absolute Gasteiger partial charge is 0.380 e. The molecule has 0 aliphatic rings. The molecule has 1 aromatic rings. The van der Waals surface area contributed by atoms with Crippen molar-refractivity contribution in [1.82, 2.24) is 0 Å². The molecule has 3 atom stereocenters. The van der Waals surface area contributed by atoms with Gasteiger partial charge in [-0.25, -0.2) is 0 Å². The van der Waals surface area contributed by atoms with Gasteiger partial charge in [0, 0.05) is 11.6 Å². The van der Waals surface area contributed by atoms with E-state index in [1.165, 1.54) is 5.56 Å². The third-order valence-electron chi connectivity index (χ3n) is 3.93. The van der Waals surface area contributed by atoms with Gasteiger partial charge in [-0.3, -0.25) is 0 Å². The van der Waals surface area contributed by atoms with Crippen LogP contribution in [0.15, 0.2) is 24.3 Å². The van der Waals surface area contributed by atoms with Gasteiger partial charge in [0.05, 0.1) is 6.54 Å². The van der Waals surface area contributed by atoms with Crippen molar-refractivity contribution in [3.63, 3.8) is 0 Å². The monoisotopic (exact) mass is 310 g/mol. The molecule has 0 amide bonds. The van der Waals surface area contributed by atoms with Gasteiger partial charge >= 0.3 is 8.03 Å². The summed E-state index contributed by atoms with van der Waals surface area (Å²) in [7, 11) is -2.15. The van der Waals surface area contributed by atoms with Gasteiger partial charge in [0.15, 0.2) is 0 Å². The van der Waals surface area contributed by atoms with Crippen molar-refractivity contribution in [2.45, 2.75) is 58.5 Å². The lowest BCUT2D eigenvalue weighted by molar-refractivity contribution is 0.439. The summed E-state index contributed by atoms with van der Waals surface area (Å²) in [5.74, 6) is 0.252. The van der Waals surface area contributed by atoms with Gasteiger partial charge in [0.25, 0.3) is 0 Å². The van der Waals surface area contributed by atoms with Crippen LogP contribution in [-0.2, 0) is 9.98 Å². The maximum absolute atomic E-state index is 11.6. The van der Waals surface area contributed by atoms with Crippen LogP contribution in [0.5, 0.6) is 0 Å². The minimum atomic E-state index is -2.15. The molecule has 118 valence electrons. The zero-order valence-corrected chi connectivity index (χ0v) is 14.8. The molecule has 1 aromatic carbocycles. The van der Waals surface area contributed by atoms with Crippen LogP contribution in [0.25, 0.3) is 0 Å². The van der Waals surface area contributed by atoms with E-state index in [9.17, 15) is 9.46 Å². The first kappa shape index (κ1) is 18.1. The van der Waals surface area contributed by atoms with Crippen LogP contribution in [-0.4, -0.2) is 17.1 Å². The fourth-order valence-corrected chi connectivity index (χ4v) is 3.29. The summed E-state index contributed by atoms with van der Waals surface area (Å²) in [6.07, 6.45) is 2.02. The van der Waals surface area contributed by atoms with Gasteiger partial charge in [-0.15, -0.1) is 0 Å². The van der Waals surface area contributed by atoms with E-state index >= 15 is 0 Å². The van der Waals surface area contributed by atoms with Crippen molar-refractivity contribution in [2.24, 2.45) is 5.92 Å². The Hall–Kier alpha value is -0.920. The standard InChI is InChI=1S/C17H28NO2P/c1-6-8-13(2)16(21(19)20)12-18-15-10-7-9-14(11-15)17(3,4)5/h7,9-11,13,16,18H,6,8,12H2,1-5H3/p+1. The van der Waals surface area contributed by atoms with Crippen molar-refractivity contribution < 1.29 is 9.46 Å². The largest absolute Gasteiger partial charge is 0.510 e. The molecule has 0 spiro atoms. The van der Waals surface area contributed by atoms with E-state index < -0.39 is 8.03 Å².